The number of nitrogens with two attached hydrogens (primary N) is 1. The quantitative estimate of drug-likeness (QED) is 0.725. The Kier molecular flexibility index (Phi) is 10.1. The fourth-order valence-electron chi connectivity index (χ4n) is 1.28. The first kappa shape index (κ1) is 16.7. The minimum absolute atomic E-state index is 0.0613. The number of hydrogen-bond donors (Lipinski definition) is 2. The number of Topliss-reactive ketones (excluding diaryl/α,β-unsaturated/α-hetero) is 1. The molecular formula is C12H21FN2O3. The van der Waals surface area contributed by atoms with Crippen LogP contribution in [0, 0.1) is 0 Å². The maximum atomic E-state index is 10.8. The lowest BCUT2D eigenvalue weighted by atomic mass is 10.1. The number of ether oxygens (including phenoxy) is 1. The molecule has 1 aliphatic heterocycles. The molecule has 0 aromatic carbocycles. The van der Waals surface area contributed by atoms with Gasteiger partial charge in [-0.1, -0.05) is 0 Å². The minimum atomic E-state index is -0.833. The van der Waals surface area contributed by atoms with Crippen LogP contribution < -0.4 is 5.73 Å². The molecule has 0 spiro atoms. The molecule has 1 aliphatic rings. The van der Waals surface area contributed by atoms with Gasteiger partial charge in [-0.15, -0.1) is 0 Å². The standard InChI is InChI=1S/C9H16N2O2.C3H5FO/c10-3-1-4-11-7-9-6-8(12)2-5-13-9;1-3(5)2-4/h1,3-4,8-9,12H,2,5-7,10H2;2H2,1H3/b3-1-,11-4?;. The summed E-state index contributed by atoms with van der Waals surface area (Å²) in [7, 11) is 0. The van der Waals surface area contributed by atoms with Crippen molar-refractivity contribution in [3.05, 3.63) is 12.3 Å². The Labute approximate surface area is 107 Å². The number of aliphatic hydroxyl groups excluding tert-OH is 1. The van der Waals surface area contributed by atoms with Crippen LogP contribution in [-0.4, -0.2) is 49.1 Å². The summed E-state index contributed by atoms with van der Waals surface area (Å²) in [5, 5.41) is 9.32. The van der Waals surface area contributed by atoms with Crippen LogP contribution in [0.5, 0.6) is 0 Å². The summed E-state index contributed by atoms with van der Waals surface area (Å²) in [6, 6.07) is 0. The molecule has 1 saturated heterocycles. The van der Waals surface area contributed by atoms with Gasteiger partial charge in [-0.25, -0.2) is 4.39 Å². The fraction of sp³-hybridized carbons (Fsp3) is 0.667. The molecule has 0 saturated carbocycles. The van der Waals surface area contributed by atoms with Crippen LogP contribution in [0.15, 0.2) is 17.3 Å². The Morgan fingerprint density at radius 1 is 1.67 bits per heavy atom. The molecule has 104 valence electrons. The summed E-state index contributed by atoms with van der Waals surface area (Å²) in [5.41, 5.74) is 5.13. The number of alkyl halides is 1. The van der Waals surface area contributed by atoms with Gasteiger partial charge in [0.15, 0.2) is 5.78 Å². The van der Waals surface area contributed by atoms with Crippen molar-refractivity contribution >= 4 is 12.0 Å². The molecule has 0 aromatic rings. The normalized spacial score (nSPS) is 23.9. The van der Waals surface area contributed by atoms with Crippen LogP contribution in [0.2, 0.25) is 0 Å². The third-order valence-electron chi connectivity index (χ3n) is 2.14. The molecule has 18 heavy (non-hydrogen) atoms. The van der Waals surface area contributed by atoms with E-state index in [1.807, 2.05) is 0 Å². The first-order valence-corrected chi connectivity index (χ1v) is 5.81. The number of nitrogens with zero attached hydrogens (tertiary/aromatic N) is 1. The lowest BCUT2D eigenvalue weighted by molar-refractivity contribution is -0.117. The fourth-order valence-corrected chi connectivity index (χ4v) is 1.28. The van der Waals surface area contributed by atoms with Crippen molar-refractivity contribution in [3.8, 4) is 0 Å². The van der Waals surface area contributed by atoms with Crippen molar-refractivity contribution in [1.82, 2.24) is 0 Å². The molecule has 1 heterocycles. The number of halogens is 1. The molecule has 0 aliphatic carbocycles. The van der Waals surface area contributed by atoms with Gasteiger partial charge in [-0.05, 0) is 25.6 Å². The van der Waals surface area contributed by atoms with E-state index < -0.39 is 12.5 Å². The van der Waals surface area contributed by atoms with E-state index in [4.69, 9.17) is 10.5 Å². The van der Waals surface area contributed by atoms with Gasteiger partial charge in [-0.2, -0.15) is 0 Å². The maximum Gasteiger partial charge on any atom is 0.160 e. The predicted molar refractivity (Wildman–Crippen MR) is 68.3 cm³/mol. The van der Waals surface area contributed by atoms with E-state index in [0.29, 0.717) is 19.6 Å². The minimum Gasteiger partial charge on any atom is -0.405 e. The molecule has 0 amide bonds. The van der Waals surface area contributed by atoms with Crippen molar-refractivity contribution in [2.75, 3.05) is 19.8 Å². The van der Waals surface area contributed by atoms with E-state index in [1.165, 1.54) is 13.1 Å². The van der Waals surface area contributed by atoms with Crippen molar-refractivity contribution in [1.29, 1.82) is 0 Å². The molecule has 5 nitrogen and oxygen atoms in total. The molecule has 0 bridgehead atoms. The van der Waals surface area contributed by atoms with Gasteiger partial charge in [0.25, 0.3) is 0 Å². The van der Waals surface area contributed by atoms with Crippen molar-refractivity contribution < 1.29 is 19.0 Å². The second-order valence-corrected chi connectivity index (χ2v) is 3.91. The van der Waals surface area contributed by atoms with Gasteiger partial charge in [0, 0.05) is 19.2 Å². The number of allylic oxidation sites excluding steroid dienone is 1. The second-order valence-electron chi connectivity index (χ2n) is 3.91. The zero-order chi connectivity index (χ0) is 13.8. The number of aliphatic imine (C=N–C) groups is 1. The van der Waals surface area contributed by atoms with Crippen LogP contribution in [0.3, 0.4) is 0 Å². The molecule has 1 fully saturated rings. The summed E-state index contributed by atoms with van der Waals surface area (Å²) < 4.78 is 16.2. The van der Waals surface area contributed by atoms with Crippen LogP contribution in [0.1, 0.15) is 19.8 Å². The first-order valence-electron chi connectivity index (χ1n) is 5.81. The number of carbonyl (C=O) groups excluding carboxylic acids is 1. The van der Waals surface area contributed by atoms with Gasteiger partial charge >= 0.3 is 0 Å². The second kappa shape index (κ2) is 10.9. The van der Waals surface area contributed by atoms with Crippen molar-refractivity contribution in [2.24, 2.45) is 10.7 Å². The lowest BCUT2D eigenvalue weighted by Gasteiger charge is -2.24. The van der Waals surface area contributed by atoms with Gasteiger partial charge < -0.3 is 15.6 Å². The van der Waals surface area contributed by atoms with Gasteiger partial charge in [0.1, 0.15) is 6.67 Å². The monoisotopic (exact) mass is 260 g/mol. The van der Waals surface area contributed by atoms with Gasteiger partial charge in [0.05, 0.1) is 18.8 Å². The van der Waals surface area contributed by atoms with Gasteiger partial charge in [0.2, 0.25) is 0 Å². The van der Waals surface area contributed by atoms with Crippen LogP contribution in [0.25, 0.3) is 0 Å². The topological polar surface area (TPSA) is 84.9 Å². The summed E-state index contributed by atoms with van der Waals surface area (Å²) in [5.74, 6) is -0.412. The maximum absolute atomic E-state index is 10.8. The molecule has 6 heteroatoms. The van der Waals surface area contributed by atoms with E-state index >= 15 is 0 Å². The molecule has 3 N–H and O–H groups in total. The number of aliphatic hydroxyl groups is 1. The SMILES string of the molecule is CC(=O)CF.N/C=C\C=NCC1CC(O)CCO1. The van der Waals surface area contributed by atoms with Crippen LogP contribution in [0.4, 0.5) is 4.39 Å². The van der Waals surface area contributed by atoms with Crippen LogP contribution in [-0.2, 0) is 9.53 Å². The van der Waals surface area contributed by atoms with E-state index in [2.05, 4.69) is 4.99 Å². The largest absolute Gasteiger partial charge is 0.405 e. The molecule has 0 radical (unpaired) electrons. The summed E-state index contributed by atoms with van der Waals surface area (Å²) in [4.78, 5) is 13.5. The van der Waals surface area contributed by atoms with E-state index in [9.17, 15) is 14.3 Å². The number of ketones is 1. The highest BCUT2D eigenvalue weighted by atomic mass is 19.1. The van der Waals surface area contributed by atoms with E-state index in [-0.39, 0.29) is 12.2 Å². The number of carbonyl (C=O) groups is 1. The number of hydrogen-bond acceptors (Lipinski definition) is 5. The zero-order valence-electron chi connectivity index (χ0n) is 10.6. The van der Waals surface area contributed by atoms with Crippen molar-refractivity contribution in [2.45, 2.75) is 32.0 Å². The van der Waals surface area contributed by atoms with E-state index in [1.54, 1.807) is 12.3 Å². The van der Waals surface area contributed by atoms with Crippen molar-refractivity contribution in [3.63, 3.8) is 0 Å². The molecular weight excluding hydrogens is 239 g/mol. The summed E-state index contributed by atoms with van der Waals surface area (Å²) in [6.07, 6.45) is 6.00. The first-order chi connectivity index (χ1) is 8.60. The highest BCUT2D eigenvalue weighted by Crippen LogP contribution is 2.13. The average molecular weight is 260 g/mol. The summed E-state index contributed by atoms with van der Waals surface area (Å²) in [6.45, 7) is 1.61. The third kappa shape index (κ3) is 9.92. The summed E-state index contributed by atoms with van der Waals surface area (Å²) >= 11 is 0. The Bertz CT molecular complexity index is 282. The Morgan fingerprint density at radius 2 is 2.33 bits per heavy atom. The predicted octanol–water partition coefficient (Wildman–Crippen LogP) is 0.614. The number of rotatable bonds is 4. The molecule has 2 unspecified atom stereocenters. The highest BCUT2D eigenvalue weighted by molar-refractivity contribution is 5.76. The molecule has 2 atom stereocenters. The van der Waals surface area contributed by atoms with E-state index in [0.717, 1.165) is 6.42 Å². The molecule has 1 rings (SSSR count). The van der Waals surface area contributed by atoms with Gasteiger partial charge in [-0.3, -0.25) is 9.79 Å². The van der Waals surface area contributed by atoms with Crippen LogP contribution >= 0.6 is 0 Å². The lowest BCUT2D eigenvalue weighted by Crippen LogP contribution is -2.30. The average Bonchev–Trinajstić information content (AvgIpc) is 2.35. The third-order valence-corrected chi connectivity index (χ3v) is 2.14. The smallest absolute Gasteiger partial charge is 0.160 e. The zero-order valence-corrected chi connectivity index (χ0v) is 10.6. The molecule has 0 aromatic heterocycles. The Hall–Kier alpha value is -1.27. The Morgan fingerprint density at radius 3 is 2.83 bits per heavy atom. The highest BCUT2D eigenvalue weighted by Gasteiger charge is 2.19. The Balaban J connectivity index is 0.000000494.